The Bertz CT molecular complexity index is 395. The van der Waals surface area contributed by atoms with Crippen LogP contribution in [0.2, 0.25) is 0 Å². The highest BCUT2D eigenvalue weighted by Gasteiger charge is 2.38. The Morgan fingerprint density at radius 2 is 2.05 bits per heavy atom. The minimum absolute atomic E-state index is 0.323. The lowest BCUT2D eigenvalue weighted by Crippen LogP contribution is -2.45. The second-order valence-corrected chi connectivity index (χ2v) is 5.92. The Morgan fingerprint density at radius 3 is 2.60 bits per heavy atom. The molecule has 0 radical (unpaired) electrons. The van der Waals surface area contributed by atoms with E-state index in [0.717, 1.165) is 31.5 Å². The van der Waals surface area contributed by atoms with Gasteiger partial charge in [-0.15, -0.1) is 0 Å². The van der Waals surface area contributed by atoms with Crippen LogP contribution >= 0.6 is 0 Å². The maximum atomic E-state index is 10.7. The number of aryl methyl sites for hydroxylation is 2. The topological polar surface area (TPSA) is 47.3 Å². The van der Waals surface area contributed by atoms with Crippen molar-refractivity contribution in [2.45, 2.75) is 70.0 Å². The predicted octanol–water partition coefficient (Wildman–Crippen LogP) is 2.84. The monoisotopic (exact) mass is 280 g/mol. The number of aromatic nitrogens is 2. The highest BCUT2D eigenvalue weighted by molar-refractivity contribution is 4.95. The van der Waals surface area contributed by atoms with Crippen LogP contribution in [0.4, 0.5) is 0 Å². The van der Waals surface area contributed by atoms with E-state index in [1.54, 1.807) is 0 Å². The standard InChI is InChI=1S/C16H28N2O2/c1-3-20-16(10-6-4-5-7-11-16)14(19)8-9-15-17-12-13-18(15)2/h12-14,19H,3-11H2,1-2H3. The molecule has 1 aliphatic rings. The van der Waals surface area contributed by atoms with Gasteiger partial charge in [0.15, 0.2) is 0 Å². The molecule has 1 aromatic rings. The predicted molar refractivity (Wildman–Crippen MR) is 79.6 cm³/mol. The molecular formula is C16H28N2O2. The molecule has 1 atom stereocenters. The fourth-order valence-corrected chi connectivity index (χ4v) is 3.35. The van der Waals surface area contributed by atoms with E-state index < -0.39 is 6.10 Å². The van der Waals surface area contributed by atoms with Crippen LogP contribution in [0.3, 0.4) is 0 Å². The zero-order chi connectivity index (χ0) is 14.4. The van der Waals surface area contributed by atoms with E-state index >= 15 is 0 Å². The molecule has 1 unspecified atom stereocenters. The molecule has 1 fully saturated rings. The summed E-state index contributed by atoms with van der Waals surface area (Å²) in [5, 5.41) is 10.7. The van der Waals surface area contributed by atoms with Gasteiger partial charge >= 0.3 is 0 Å². The van der Waals surface area contributed by atoms with Crippen molar-refractivity contribution in [2.24, 2.45) is 7.05 Å². The van der Waals surface area contributed by atoms with Crippen LogP contribution < -0.4 is 0 Å². The highest BCUT2D eigenvalue weighted by atomic mass is 16.5. The van der Waals surface area contributed by atoms with Crippen molar-refractivity contribution in [3.05, 3.63) is 18.2 Å². The molecule has 1 heterocycles. The molecule has 0 aromatic carbocycles. The molecule has 0 spiro atoms. The summed E-state index contributed by atoms with van der Waals surface area (Å²) in [4.78, 5) is 4.33. The molecule has 0 aliphatic heterocycles. The van der Waals surface area contributed by atoms with Gasteiger partial charge in [0.25, 0.3) is 0 Å². The number of aliphatic hydroxyl groups excluding tert-OH is 1. The first-order chi connectivity index (χ1) is 9.68. The lowest BCUT2D eigenvalue weighted by atomic mass is 9.85. The van der Waals surface area contributed by atoms with Crippen molar-refractivity contribution >= 4 is 0 Å². The highest BCUT2D eigenvalue weighted by Crippen LogP contribution is 2.35. The van der Waals surface area contributed by atoms with Crippen molar-refractivity contribution in [3.63, 3.8) is 0 Å². The number of ether oxygens (including phenoxy) is 1. The largest absolute Gasteiger partial charge is 0.390 e. The van der Waals surface area contributed by atoms with Crippen LogP contribution in [0, 0.1) is 0 Å². The number of rotatable bonds is 6. The summed E-state index contributed by atoms with van der Waals surface area (Å²) in [5.41, 5.74) is -0.323. The van der Waals surface area contributed by atoms with Gasteiger partial charge in [0, 0.05) is 32.5 Å². The minimum Gasteiger partial charge on any atom is -0.390 e. The van der Waals surface area contributed by atoms with Crippen molar-refractivity contribution in [1.82, 2.24) is 9.55 Å². The third-order valence-electron chi connectivity index (χ3n) is 4.55. The van der Waals surface area contributed by atoms with Crippen LogP contribution in [0.25, 0.3) is 0 Å². The average molecular weight is 280 g/mol. The minimum atomic E-state index is -0.391. The number of aliphatic hydroxyl groups is 1. The molecule has 0 bridgehead atoms. The third-order valence-corrected chi connectivity index (χ3v) is 4.55. The SMILES string of the molecule is CCOC1(C(O)CCc2nccn2C)CCCCCC1. The summed E-state index contributed by atoms with van der Waals surface area (Å²) in [6.45, 7) is 2.71. The molecule has 1 aliphatic carbocycles. The maximum Gasteiger partial charge on any atom is 0.108 e. The molecule has 0 saturated heterocycles. The summed E-state index contributed by atoms with van der Waals surface area (Å²) in [6, 6.07) is 0. The molecule has 2 rings (SSSR count). The summed E-state index contributed by atoms with van der Waals surface area (Å²) < 4.78 is 8.06. The van der Waals surface area contributed by atoms with E-state index in [1.165, 1.54) is 25.7 Å². The molecular weight excluding hydrogens is 252 g/mol. The van der Waals surface area contributed by atoms with Crippen molar-refractivity contribution < 1.29 is 9.84 Å². The zero-order valence-electron chi connectivity index (χ0n) is 12.8. The first-order valence-electron chi connectivity index (χ1n) is 7.96. The Morgan fingerprint density at radius 1 is 1.35 bits per heavy atom. The van der Waals surface area contributed by atoms with Gasteiger partial charge in [-0.05, 0) is 26.2 Å². The summed E-state index contributed by atoms with van der Waals surface area (Å²) >= 11 is 0. The number of nitrogens with zero attached hydrogens (tertiary/aromatic N) is 2. The fourth-order valence-electron chi connectivity index (χ4n) is 3.35. The van der Waals surface area contributed by atoms with Crippen LogP contribution in [-0.4, -0.2) is 33.0 Å². The van der Waals surface area contributed by atoms with Crippen LogP contribution in [0.15, 0.2) is 12.4 Å². The smallest absolute Gasteiger partial charge is 0.108 e. The average Bonchev–Trinajstić information content (AvgIpc) is 2.70. The number of hydrogen-bond donors (Lipinski definition) is 1. The third kappa shape index (κ3) is 3.61. The van der Waals surface area contributed by atoms with Crippen LogP contribution in [-0.2, 0) is 18.2 Å². The van der Waals surface area contributed by atoms with E-state index in [4.69, 9.17) is 4.74 Å². The second kappa shape index (κ2) is 7.23. The summed E-state index contributed by atoms with van der Waals surface area (Å²) in [6.07, 6.45) is 11.7. The number of hydrogen-bond acceptors (Lipinski definition) is 3. The Kier molecular flexibility index (Phi) is 5.61. The van der Waals surface area contributed by atoms with Crippen LogP contribution in [0.1, 0.15) is 57.7 Å². The van der Waals surface area contributed by atoms with E-state index in [1.807, 2.05) is 30.9 Å². The molecule has 20 heavy (non-hydrogen) atoms. The Labute approximate surface area is 122 Å². The molecule has 1 saturated carbocycles. The molecule has 1 aromatic heterocycles. The Balaban J connectivity index is 1.98. The normalized spacial score (nSPS) is 20.6. The zero-order valence-corrected chi connectivity index (χ0v) is 12.8. The van der Waals surface area contributed by atoms with Gasteiger partial charge in [-0.2, -0.15) is 0 Å². The van der Waals surface area contributed by atoms with E-state index in [-0.39, 0.29) is 5.60 Å². The van der Waals surface area contributed by atoms with Gasteiger partial charge in [0.1, 0.15) is 5.82 Å². The first-order valence-corrected chi connectivity index (χ1v) is 7.96. The van der Waals surface area contributed by atoms with E-state index in [9.17, 15) is 5.11 Å². The van der Waals surface area contributed by atoms with Gasteiger partial charge in [-0.25, -0.2) is 4.98 Å². The lowest BCUT2D eigenvalue weighted by Gasteiger charge is -2.37. The van der Waals surface area contributed by atoms with Crippen molar-refractivity contribution in [1.29, 1.82) is 0 Å². The van der Waals surface area contributed by atoms with Gasteiger partial charge < -0.3 is 14.4 Å². The lowest BCUT2D eigenvalue weighted by molar-refractivity contribution is -0.131. The van der Waals surface area contributed by atoms with E-state index in [2.05, 4.69) is 4.98 Å². The summed E-state index contributed by atoms with van der Waals surface area (Å²) in [7, 11) is 2.00. The molecule has 4 nitrogen and oxygen atoms in total. The van der Waals surface area contributed by atoms with E-state index in [0.29, 0.717) is 6.61 Å². The quantitative estimate of drug-likeness (QED) is 0.815. The van der Waals surface area contributed by atoms with Gasteiger partial charge in [-0.3, -0.25) is 0 Å². The second-order valence-electron chi connectivity index (χ2n) is 5.92. The summed E-state index contributed by atoms with van der Waals surface area (Å²) in [5.74, 6) is 1.03. The first kappa shape index (κ1) is 15.5. The number of imidazole rings is 1. The van der Waals surface area contributed by atoms with Crippen molar-refractivity contribution in [2.75, 3.05) is 6.61 Å². The Hall–Kier alpha value is -0.870. The molecule has 114 valence electrons. The van der Waals surface area contributed by atoms with Crippen molar-refractivity contribution in [3.8, 4) is 0 Å². The molecule has 1 N–H and O–H groups in total. The van der Waals surface area contributed by atoms with Crippen LogP contribution in [0.5, 0.6) is 0 Å². The van der Waals surface area contributed by atoms with Gasteiger partial charge in [0.05, 0.1) is 11.7 Å². The molecule has 4 heteroatoms. The molecule has 0 amide bonds. The maximum absolute atomic E-state index is 10.7. The van der Waals surface area contributed by atoms with Gasteiger partial charge in [-0.1, -0.05) is 25.7 Å². The van der Waals surface area contributed by atoms with Gasteiger partial charge in [0.2, 0.25) is 0 Å². The fraction of sp³-hybridized carbons (Fsp3) is 0.812.